The number of halogens is 4. The summed E-state index contributed by atoms with van der Waals surface area (Å²) in [5.74, 6) is -0.152. The quantitative estimate of drug-likeness (QED) is 0.141. The molecule has 66 heavy (non-hydrogen) atoms. The highest BCUT2D eigenvalue weighted by Gasteiger charge is 2.33. The molecule has 0 amide bonds. The minimum atomic E-state index is -4.35. The van der Waals surface area contributed by atoms with E-state index in [-0.39, 0.29) is 5.92 Å². The lowest BCUT2D eigenvalue weighted by Gasteiger charge is -2.18. The van der Waals surface area contributed by atoms with E-state index in [4.69, 9.17) is 0 Å². The Balaban J connectivity index is 1.02. The first-order valence-corrected chi connectivity index (χ1v) is 22.2. The summed E-state index contributed by atoms with van der Waals surface area (Å²) in [5.41, 5.74) is 13.8. The zero-order chi connectivity index (χ0) is 44.5. The van der Waals surface area contributed by atoms with Crippen LogP contribution in [0, 0.1) is 0 Å². The zero-order valence-corrected chi connectivity index (χ0v) is 35.6. The van der Waals surface area contributed by atoms with Crippen molar-refractivity contribution in [1.29, 1.82) is 0 Å². The minimum Gasteiger partial charge on any atom is -0.309 e. The van der Waals surface area contributed by atoms with Crippen LogP contribution < -0.4 is 0 Å². The number of rotatable bonds is 7. The van der Waals surface area contributed by atoms with Gasteiger partial charge in [0.2, 0.25) is 0 Å². The van der Waals surface area contributed by atoms with Crippen molar-refractivity contribution < 1.29 is 17.6 Å². The fourth-order valence-corrected chi connectivity index (χ4v) is 10.2. The van der Waals surface area contributed by atoms with Crippen molar-refractivity contribution in [3.63, 3.8) is 0 Å². The molecule has 9 aromatic carbocycles. The summed E-state index contributed by atoms with van der Waals surface area (Å²) in [6.45, 7) is -0.508. The molecule has 12 rings (SSSR count). The molecule has 1 aliphatic rings. The smallest absolute Gasteiger partial charge is 0.309 e. The third-order valence-electron chi connectivity index (χ3n) is 13.4. The van der Waals surface area contributed by atoms with Crippen LogP contribution in [-0.2, 0) is 6.67 Å². The van der Waals surface area contributed by atoms with E-state index in [1.807, 2.05) is 48.5 Å². The number of para-hydroxylation sites is 2. The first kappa shape index (κ1) is 39.6. The van der Waals surface area contributed by atoms with Gasteiger partial charge in [-0.25, -0.2) is 4.39 Å². The number of hydrogen-bond acceptors (Lipinski definition) is 0. The summed E-state index contributed by atoms with van der Waals surface area (Å²) >= 11 is 0. The Morgan fingerprint density at radius 1 is 0.470 bits per heavy atom. The lowest BCUT2D eigenvalue weighted by Crippen LogP contribution is -2.13. The molecular formula is C60H40F4N2. The fraction of sp³-hybridized carbons (Fsp3) is 0.0667. The summed E-state index contributed by atoms with van der Waals surface area (Å²) < 4.78 is 58.8. The molecule has 0 saturated carbocycles. The second kappa shape index (κ2) is 15.6. The molecule has 318 valence electrons. The standard InChI is InChI=1S/C60H40F4N2/c61-37-38-10-7-13-41(32-38)43-22-28-51-52-29-23-44(35-57(52)66(56(51)34-43)48-16-5-2-6-17-48)49-18-8-11-40-12-9-19-50(59(40)49)45-24-30-53-54-33-42(39-20-26-46(27-21-39)60(62,63)64)25-31-55(54)65(58(53)36-45)47-14-3-1-4-15-47/h1-20,22-36,39H,21,37H2. The minimum absolute atomic E-state index is 0.152. The van der Waals surface area contributed by atoms with Crippen molar-refractivity contribution in [1.82, 2.24) is 9.13 Å². The number of alkyl halides is 4. The molecule has 0 spiro atoms. The average molecular weight is 865 g/mol. The third-order valence-corrected chi connectivity index (χ3v) is 13.4. The number of aromatic nitrogens is 2. The highest BCUT2D eigenvalue weighted by molar-refractivity contribution is 6.14. The molecular weight excluding hydrogens is 825 g/mol. The van der Waals surface area contributed by atoms with Crippen LogP contribution >= 0.6 is 0 Å². The summed E-state index contributed by atoms with van der Waals surface area (Å²) in [5, 5.41) is 6.69. The lowest BCUT2D eigenvalue weighted by molar-refractivity contribution is -0.0886. The maximum atomic E-state index is 13.7. The van der Waals surface area contributed by atoms with Crippen molar-refractivity contribution in [3.8, 4) is 44.8 Å². The predicted octanol–water partition coefficient (Wildman–Crippen LogP) is 17.0. The van der Waals surface area contributed by atoms with Gasteiger partial charge < -0.3 is 9.13 Å². The first-order valence-electron chi connectivity index (χ1n) is 22.2. The van der Waals surface area contributed by atoms with E-state index < -0.39 is 18.4 Å². The number of allylic oxidation sites excluding steroid dienone is 4. The van der Waals surface area contributed by atoms with Crippen molar-refractivity contribution in [2.24, 2.45) is 0 Å². The van der Waals surface area contributed by atoms with E-state index in [9.17, 15) is 17.6 Å². The molecule has 0 N–H and O–H groups in total. The van der Waals surface area contributed by atoms with Crippen LogP contribution in [0.1, 0.15) is 23.5 Å². The van der Waals surface area contributed by atoms with Gasteiger partial charge in [-0.2, -0.15) is 13.2 Å². The van der Waals surface area contributed by atoms with Crippen molar-refractivity contribution in [2.45, 2.75) is 25.2 Å². The Bertz CT molecular complexity index is 3750. The summed E-state index contributed by atoms with van der Waals surface area (Å²) in [6.07, 6.45) is 0.142. The third kappa shape index (κ3) is 6.63. The monoisotopic (exact) mass is 864 g/mol. The predicted molar refractivity (Wildman–Crippen MR) is 264 cm³/mol. The van der Waals surface area contributed by atoms with Crippen molar-refractivity contribution in [2.75, 3.05) is 0 Å². The second-order valence-electron chi connectivity index (χ2n) is 17.2. The van der Waals surface area contributed by atoms with Gasteiger partial charge in [0.25, 0.3) is 0 Å². The van der Waals surface area contributed by atoms with Gasteiger partial charge in [-0.1, -0.05) is 152 Å². The maximum Gasteiger partial charge on any atom is 0.416 e. The van der Waals surface area contributed by atoms with E-state index in [0.29, 0.717) is 12.0 Å². The van der Waals surface area contributed by atoms with Gasteiger partial charge in [0.1, 0.15) is 6.67 Å². The summed E-state index contributed by atoms with van der Waals surface area (Å²) in [6, 6.07) is 67.8. The molecule has 0 saturated heterocycles. The Labute approximate surface area is 378 Å². The number of nitrogens with zero attached hydrogens (tertiary/aromatic N) is 2. The molecule has 0 aliphatic heterocycles. The number of hydrogen-bond donors (Lipinski definition) is 0. The van der Waals surface area contributed by atoms with Gasteiger partial charge in [0.05, 0.1) is 27.6 Å². The highest BCUT2D eigenvalue weighted by atomic mass is 19.4. The van der Waals surface area contributed by atoms with Crippen LogP contribution in [0.15, 0.2) is 218 Å². The molecule has 0 radical (unpaired) electrons. The highest BCUT2D eigenvalue weighted by Crippen LogP contribution is 2.43. The lowest BCUT2D eigenvalue weighted by atomic mass is 9.89. The van der Waals surface area contributed by atoms with E-state index in [2.05, 4.69) is 155 Å². The van der Waals surface area contributed by atoms with E-state index in [1.165, 1.54) is 12.2 Å². The molecule has 2 heterocycles. The largest absolute Gasteiger partial charge is 0.416 e. The molecule has 2 nitrogen and oxygen atoms in total. The maximum absolute atomic E-state index is 13.7. The Morgan fingerprint density at radius 2 is 1.02 bits per heavy atom. The molecule has 0 bridgehead atoms. The molecule has 2 aromatic heterocycles. The molecule has 1 aliphatic carbocycles. The normalized spacial score (nSPS) is 14.2. The second-order valence-corrected chi connectivity index (χ2v) is 17.2. The van der Waals surface area contributed by atoms with Gasteiger partial charge in [0.15, 0.2) is 0 Å². The molecule has 1 atom stereocenters. The van der Waals surface area contributed by atoms with Gasteiger partial charge >= 0.3 is 6.18 Å². The van der Waals surface area contributed by atoms with Crippen LogP contribution in [0.4, 0.5) is 17.6 Å². The SMILES string of the molecule is FCc1cccc(-c2ccc3c4ccc(-c5cccc6cccc(-c7ccc8c9cc(C%10C=CC(C(F)(F)F)=CC%10)ccc9n(-c9ccccc9)c8c7)c56)cc4n(-c4ccccc4)c3c2)c1. The van der Waals surface area contributed by atoms with Crippen LogP contribution in [0.25, 0.3) is 99.1 Å². The molecule has 11 aromatic rings. The van der Waals surface area contributed by atoms with Crippen LogP contribution in [0.2, 0.25) is 0 Å². The molecule has 0 fully saturated rings. The molecule has 6 heteroatoms. The Morgan fingerprint density at radius 3 is 1.59 bits per heavy atom. The van der Waals surface area contributed by atoms with Crippen molar-refractivity contribution >= 4 is 54.4 Å². The Kier molecular flexibility index (Phi) is 9.38. The molecule has 1 unspecified atom stereocenters. The zero-order valence-electron chi connectivity index (χ0n) is 35.6. The van der Waals surface area contributed by atoms with Gasteiger partial charge in [-0.05, 0) is 122 Å². The van der Waals surface area contributed by atoms with Crippen LogP contribution in [0.5, 0.6) is 0 Å². The van der Waals surface area contributed by atoms with Gasteiger partial charge in [0, 0.05) is 38.8 Å². The van der Waals surface area contributed by atoms with Gasteiger partial charge in [-0.3, -0.25) is 0 Å². The van der Waals surface area contributed by atoms with E-state index in [0.717, 1.165) is 105 Å². The Hall–Kier alpha value is -7.96. The first-order chi connectivity index (χ1) is 32.3. The van der Waals surface area contributed by atoms with Crippen LogP contribution in [0.3, 0.4) is 0 Å². The van der Waals surface area contributed by atoms with Crippen molar-refractivity contribution in [3.05, 3.63) is 229 Å². The fourth-order valence-electron chi connectivity index (χ4n) is 10.2. The number of fused-ring (bicyclic) bond motifs is 7. The van der Waals surface area contributed by atoms with Gasteiger partial charge in [-0.15, -0.1) is 0 Å². The summed E-state index contributed by atoms with van der Waals surface area (Å²) in [7, 11) is 0. The number of benzene rings is 9. The topological polar surface area (TPSA) is 9.86 Å². The average Bonchev–Trinajstić information content (AvgIpc) is 3.87. The summed E-state index contributed by atoms with van der Waals surface area (Å²) in [4.78, 5) is 0. The van der Waals surface area contributed by atoms with E-state index >= 15 is 0 Å². The van der Waals surface area contributed by atoms with E-state index in [1.54, 1.807) is 6.08 Å². The van der Waals surface area contributed by atoms with Crippen LogP contribution in [-0.4, -0.2) is 15.3 Å².